The zero-order chi connectivity index (χ0) is 42.6. The summed E-state index contributed by atoms with van der Waals surface area (Å²) in [6, 6.07) is 37.3. The summed E-state index contributed by atoms with van der Waals surface area (Å²) in [5, 5.41) is 11.2. The number of carbonyl (C=O) groups excluding carboxylic acids is 1. The maximum atomic E-state index is 13.0. The highest BCUT2D eigenvalue weighted by Gasteiger charge is 2.33. The number of nitrogens with zero attached hydrogens (tertiary/aromatic N) is 2. The Balaban J connectivity index is 0.000000182. The predicted octanol–water partition coefficient (Wildman–Crippen LogP) is 13.0. The molecule has 6 nitrogen and oxygen atoms in total. The van der Waals surface area contributed by atoms with Crippen molar-refractivity contribution in [1.82, 2.24) is 9.97 Å². The smallest absolute Gasteiger partial charge is 0.433 e. The third kappa shape index (κ3) is 9.73. The highest BCUT2D eigenvalue weighted by Crippen LogP contribution is 2.38. The largest absolute Gasteiger partial charge is 0.478 e. The number of carboxylic acids is 1. The van der Waals surface area contributed by atoms with Gasteiger partial charge in [0, 0.05) is 43.4 Å². The molecule has 0 saturated carbocycles. The SMILES string of the molecule is CCOC(=O)c1cccc(-c2cccc3cc(Cc4cccc(C(F)(F)F)n4)sc23)c1.O=C(O)c1cccc(-c2cccc3cc(Cc4cccc(C(F)(F)F)n4)sc23)c1. The van der Waals surface area contributed by atoms with E-state index in [2.05, 4.69) is 9.97 Å². The van der Waals surface area contributed by atoms with Gasteiger partial charge in [-0.1, -0.05) is 72.8 Å². The minimum Gasteiger partial charge on any atom is -0.478 e. The normalized spacial score (nSPS) is 11.7. The summed E-state index contributed by atoms with van der Waals surface area (Å²) in [6.45, 7) is 2.06. The van der Waals surface area contributed by atoms with Crippen LogP contribution in [-0.2, 0) is 29.9 Å². The van der Waals surface area contributed by atoms with Gasteiger partial charge in [0.05, 0.1) is 17.7 Å². The number of carboxylic acid groups (broad SMARTS) is 1. The summed E-state index contributed by atoms with van der Waals surface area (Å²) >= 11 is 2.99. The number of alkyl halides is 6. The molecule has 1 N–H and O–H groups in total. The van der Waals surface area contributed by atoms with Crippen molar-refractivity contribution in [3.05, 3.63) is 177 Å². The Morgan fingerprint density at radius 1 is 0.583 bits per heavy atom. The first-order valence-electron chi connectivity index (χ1n) is 18.4. The lowest BCUT2D eigenvalue weighted by Crippen LogP contribution is -2.09. The van der Waals surface area contributed by atoms with Crippen LogP contribution >= 0.6 is 22.7 Å². The maximum Gasteiger partial charge on any atom is 0.433 e. The van der Waals surface area contributed by atoms with Crippen molar-refractivity contribution < 1.29 is 45.8 Å². The number of fused-ring (bicyclic) bond motifs is 2. The van der Waals surface area contributed by atoms with Crippen LogP contribution < -0.4 is 0 Å². The number of thiophene rings is 2. The second kappa shape index (κ2) is 17.5. The maximum absolute atomic E-state index is 13.0. The lowest BCUT2D eigenvalue weighted by atomic mass is 10.0. The third-order valence-corrected chi connectivity index (χ3v) is 11.6. The minimum atomic E-state index is -4.47. The van der Waals surface area contributed by atoms with Crippen molar-refractivity contribution in [3.63, 3.8) is 0 Å². The highest BCUT2D eigenvalue weighted by atomic mass is 32.1. The minimum absolute atomic E-state index is 0.199. The van der Waals surface area contributed by atoms with E-state index in [-0.39, 0.29) is 18.0 Å². The zero-order valence-corrected chi connectivity index (χ0v) is 33.1. The molecule has 0 aliphatic heterocycles. The second-order valence-electron chi connectivity index (χ2n) is 13.4. The summed E-state index contributed by atoms with van der Waals surface area (Å²) in [5.74, 6) is -1.37. The summed E-state index contributed by atoms with van der Waals surface area (Å²) < 4.78 is 84.6. The average Bonchev–Trinajstić information content (AvgIpc) is 3.84. The van der Waals surface area contributed by atoms with Gasteiger partial charge in [0.1, 0.15) is 11.4 Å². The van der Waals surface area contributed by atoms with Crippen LogP contribution in [0.5, 0.6) is 0 Å². The van der Waals surface area contributed by atoms with Gasteiger partial charge in [-0.2, -0.15) is 26.3 Å². The van der Waals surface area contributed by atoms with Crippen molar-refractivity contribution in [2.45, 2.75) is 32.1 Å². The molecule has 0 spiro atoms. The van der Waals surface area contributed by atoms with Crippen LogP contribution in [0.3, 0.4) is 0 Å². The fourth-order valence-electron chi connectivity index (χ4n) is 6.54. The van der Waals surface area contributed by atoms with Crippen LogP contribution in [0.25, 0.3) is 42.4 Å². The summed E-state index contributed by atoms with van der Waals surface area (Å²) in [6.07, 6.45) is -8.34. The molecule has 8 rings (SSSR count). The van der Waals surface area contributed by atoms with Crippen LogP contribution in [0.4, 0.5) is 26.3 Å². The van der Waals surface area contributed by atoms with Crippen molar-refractivity contribution >= 4 is 54.8 Å². The number of benzene rings is 4. The molecule has 0 amide bonds. The molecule has 304 valence electrons. The van der Waals surface area contributed by atoms with Gasteiger partial charge < -0.3 is 9.84 Å². The van der Waals surface area contributed by atoms with E-state index in [0.29, 0.717) is 30.0 Å². The fraction of sp³-hybridized carbons (Fsp3) is 0.130. The Hall–Kier alpha value is -6.38. The average molecular weight is 855 g/mol. The van der Waals surface area contributed by atoms with E-state index in [0.717, 1.165) is 64.3 Å². The molecule has 8 aromatic rings. The zero-order valence-electron chi connectivity index (χ0n) is 31.5. The van der Waals surface area contributed by atoms with E-state index in [4.69, 9.17) is 4.74 Å². The van der Waals surface area contributed by atoms with Crippen LogP contribution in [0.1, 0.15) is 60.2 Å². The van der Waals surface area contributed by atoms with E-state index in [1.54, 1.807) is 43.3 Å². The summed E-state index contributed by atoms with van der Waals surface area (Å²) in [7, 11) is 0. The first-order valence-corrected chi connectivity index (χ1v) is 20.0. The van der Waals surface area contributed by atoms with Crippen molar-refractivity contribution in [2.24, 2.45) is 0 Å². The molecule has 60 heavy (non-hydrogen) atoms. The number of ether oxygens (including phenoxy) is 1. The van der Waals surface area contributed by atoms with E-state index >= 15 is 0 Å². The number of rotatable bonds is 9. The lowest BCUT2D eigenvalue weighted by Gasteiger charge is -2.07. The number of aromatic nitrogens is 2. The number of hydrogen-bond acceptors (Lipinski definition) is 7. The highest BCUT2D eigenvalue weighted by molar-refractivity contribution is 7.20. The molecule has 0 aliphatic carbocycles. The van der Waals surface area contributed by atoms with Gasteiger partial charge >= 0.3 is 24.3 Å². The molecule has 0 unspecified atom stereocenters. The molecule has 0 radical (unpaired) electrons. The predicted molar refractivity (Wildman–Crippen MR) is 222 cm³/mol. The van der Waals surface area contributed by atoms with Crippen LogP contribution in [0.2, 0.25) is 0 Å². The van der Waals surface area contributed by atoms with E-state index < -0.39 is 29.7 Å². The first-order chi connectivity index (χ1) is 28.7. The van der Waals surface area contributed by atoms with Gasteiger partial charge in [-0.05, 0) is 101 Å². The van der Waals surface area contributed by atoms with Crippen LogP contribution in [-0.4, -0.2) is 33.6 Å². The van der Waals surface area contributed by atoms with Gasteiger partial charge in [0.25, 0.3) is 0 Å². The van der Waals surface area contributed by atoms with E-state index in [1.807, 2.05) is 66.7 Å². The number of esters is 1. The number of hydrogen-bond donors (Lipinski definition) is 1. The fourth-order valence-corrected chi connectivity index (χ4v) is 8.96. The quantitative estimate of drug-likeness (QED) is 0.115. The molecule has 0 atom stereocenters. The molecule has 0 bridgehead atoms. The molecule has 4 aromatic heterocycles. The Morgan fingerprint density at radius 2 is 1.02 bits per heavy atom. The molecule has 0 aliphatic rings. The molecule has 14 heteroatoms. The molecular weight excluding hydrogens is 823 g/mol. The van der Waals surface area contributed by atoms with Gasteiger partial charge in [-0.3, -0.25) is 0 Å². The molecule has 0 fully saturated rings. The van der Waals surface area contributed by atoms with Crippen molar-refractivity contribution in [1.29, 1.82) is 0 Å². The first kappa shape index (κ1) is 41.8. The van der Waals surface area contributed by atoms with E-state index in [9.17, 15) is 41.0 Å². The topological polar surface area (TPSA) is 89.4 Å². The molecule has 0 saturated heterocycles. The Bertz CT molecular complexity index is 2850. The van der Waals surface area contributed by atoms with Crippen LogP contribution in [0, 0.1) is 0 Å². The number of halogens is 6. The third-order valence-electron chi connectivity index (χ3n) is 9.20. The molecular formula is C46H32F6N2O4S2. The second-order valence-corrected chi connectivity index (χ2v) is 15.7. The summed E-state index contributed by atoms with van der Waals surface area (Å²) in [4.78, 5) is 32.7. The van der Waals surface area contributed by atoms with Gasteiger partial charge in [-0.15, -0.1) is 22.7 Å². The van der Waals surface area contributed by atoms with Crippen molar-refractivity contribution in [3.8, 4) is 22.3 Å². The van der Waals surface area contributed by atoms with Gasteiger partial charge in [0.15, 0.2) is 0 Å². The van der Waals surface area contributed by atoms with Crippen molar-refractivity contribution in [2.75, 3.05) is 6.61 Å². The monoisotopic (exact) mass is 854 g/mol. The molecule has 4 aromatic carbocycles. The lowest BCUT2D eigenvalue weighted by molar-refractivity contribution is -0.142. The van der Waals surface area contributed by atoms with Gasteiger partial charge in [-0.25, -0.2) is 19.6 Å². The van der Waals surface area contributed by atoms with Gasteiger partial charge in [0.2, 0.25) is 0 Å². The number of carbonyl (C=O) groups is 2. The van der Waals surface area contributed by atoms with E-state index in [1.165, 1.54) is 40.9 Å². The standard InChI is InChI=1S/C24H18F3NO2S.C22H14F3NO2S/c1-2-30-23(29)17-8-3-6-15(12-17)20-10-4-7-16-13-19(31-22(16)20)14-18-9-5-11-21(28-18)24(25,26)27;23-22(24,25)19-9-3-7-16(26-19)12-17-11-14-5-2-8-18(20(14)29-17)13-4-1-6-15(10-13)21(27)28/h3-13H,2,14H2,1H3;1-11H,12H2,(H,27,28). The summed E-state index contributed by atoms with van der Waals surface area (Å²) in [5.41, 5.74) is 3.10. The Morgan fingerprint density at radius 3 is 1.47 bits per heavy atom. The number of aromatic carboxylic acids is 1. The Labute approximate surface area is 347 Å². The molecule has 4 heterocycles. The Kier molecular flexibility index (Phi) is 12.2. The number of pyridine rings is 2. The van der Waals surface area contributed by atoms with Crippen LogP contribution in [0.15, 0.2) is 133 Å².